The SMILES string of the molecule is CCC(C)(C)C(=O)OC(C)(C)C12CC3CC(CC(C4CCCCC4)(C3)C1)C2. The molecule has 0 aromatic heterocycles. The number of carbonyl (C=O) groups excluding carboxylic acids is 1. The van der Waals surface area contributed by atoms with Crippen LogP contribution in [0, 0.1) is 34.0 Å². The fourth-order valence-corrected chi connectivity index (χ4v) is 7.85. The summed E-state index contributed by atoms with van der Waals surface area (Å²) in [6.07, 6.45) is 16.4. The first-order chi connectivity index (χ1) is 12.6. The van der Waals surface area contributed by atoms with Gasteiger partial charge in [-0.05, 0) is 109 Å². The highest BCUT2D eigenvalue weighted by molar-refractivity contribution is 5.76. The molecule has 0 heterocycles. The lowest BCUT2D eigenvalue weighted by Gasteiger charge is -2.68. The number of rotatable bonds is 5. The largest absolute Gasteiger partial charge is 0.459 e. The monoisotopic (exact) mass is 374 g/mol. The minimum Gasteiger partial charge on any atom is -0.459 e. The summed E-state index contributed by atoms with van der Waals surface area (Å²) < 4.78 is 6.37. The Labute approximate surface area is 167 Å². The van der Waals surface area contributed by atoms with E-state index < -0.39 is 0 Å². The van der Waals surface area contributed by atoms with Gasteiger partial charge >= 0.3 is 5.97 Å². The topological polar surface area (TPSA) is 26.3 Å². The summed E-state index contributed by atoms with van der Waals surface area (Å²) in [5.74, 6) is 2.71. The summed E-state index contributed by atoms with van der Waals surface area (Å²) in [7, 11) is 0. The van der Waals surface area contributed by atoms with Gasteiger partial charge in [0.05, 0.1) is 5.41 Å². The third kappa shape index (κ3) is 3.18. The van der Waals surface area contributed by atoms with Crippen LogP contribution in [0.3, 0.4) is 0 Å². The highest BCUT2D eigenvalue weighted by Crippen LogP contribution is 2.71. The van der Waals surface area contributed by atoms with Crippen LogP contribution in [-0.4, -0.2) is 11.6 Å². The Morgan fingerprint density at radius 1 is 0.963 bits per heavy atom. The Balaban J connectivity index is 1.61. The second kappa shape index (κ2) is 6.49. The predicted octanol–water partition coefficient (Wildman–Crippen LogP) is 6.91. The normalized spacial score (nSPS) is 39.6. The summed E-state index contributed by atoms with van der Waals surface area (Å²) in [4.78, 5) is 13.0. The fourth-order valence-electron chi connectivity index (χ4n) is 7.85. The van der Waals surface area contributed by atoms with Gasteiger partial charge in [0.1, 0.15) is 5.60 Å². The van der Waals surface area contributed by atoms with Crippen molar-refractivity contribution in [3.63, 3.8) is 0 Å². The minimum atomic E-state index is -0.374. The van der Waals surface area contributed by atoms with Crippen LogP contribution in [0.25, 0.3) is 0 Å². The Morgan fingerprint density at radius 3 is 2.11 bits per heavy atom. The van der Waals surface area contributed by atoms with Crippen LogP contribution >= 0.6 is 0 Å². The average Bonchev–Trinajstić information content (AvgIpc) is 2.61. The van der Waals surface area contributed by atoms with Crippen molar-refractivity contribution in [3.05, 3.63) is 0 Å². The summed E-state index contributed by atoms with van der Waals surface area (Å²) in [6.45, 7) is 10.7. The van der Waals surface area contributed by atoms with Crippen molar-refractivity contribution in [1.29, 1.82) is 0 Å². The van der Waals surface area contributed by atoms with Crippen molar-refractivity contribution in [2.24, 2.45) is 34.0 Å². The summed E-state index contributed by atoms with van der Waals surface area (Å²) in [6, 6.07) is 0. The Bertz CT molecular complexity index is 567. The van der Waals surface area contributed by atoms with Crippen LogP contribution in [0.4, 0.5) is 0 Å². The number of hydrogen-bond acceptors (Lipinski definition) is 2. The van der Waals surface area contributed by atoms with Gasteiger partial charge < -0.3 is 4.74 Å². The minimum absolute atomic E-state index is 0.0115. The predicted molar refractivity (Wildman–Crippen MR) is 110 cm³/mol. The molecule has 0 N–H and O–H groups in total. The average molecular weight is 375 g/mol. The molecule has 2 atom stereocenters. The molecule has 0 spiro atoms. The van der Waals surface area contributed by atoms with E-state index in [0.717, 1.165) is 24.2 Å². The van der Waals surface area contributed by atoms with E-state index in [-0.39, 0.29) is 22.4 Å². The summed E-state index contributed by atoms with van der Waals surface area (Å²) in [5, 5.41) is 0. The zero-order chi connectivity index (χ0) is 19.5. The van der Waals surface area contributed by atoms with E-state index in [1.165, 1.54) is 70.6 Å². The van der Waals surface area contributed by atoms with Gasteiger partial charge in [0.2, 0.25) is 0 Å². The highest BCUT2D eigenvalue weighted by Gasteiger charge is 2.65. The van der Waals surface area contributed by atoms with Gasteiger partial charge in [-0.15, -0.1) is 0 Å². The van der Waals surface area contributed by atoms with E-state index >= 15 is 0 Å². The third-order valence-electron chi connectivity index (χ3n) is 9.64. The Kier molecular flexibility index (Phi) is 4.75. The number of ether oxygens (including phenoxy) is 1. The van der Waals surface area contributed by atoms with E-state index in [1.807, 2.05) is 13.8 Å². The maximum absolute atomic E-state index is 13.0. The van der Waals surface area contributed by atoms with E-state index in [9.17, 15) is 4.79 Å². The Morgan fingerprint density at radius 2 is 1.56 bits per heavy atom. The van der Waals surface area contributed by atoms with Crippen molar-refractivity contribution in [3.8, 4) is 0 Å². The first-order valence-corrected chi connectivity index (χ1v) is 11.8. The molecular weight excluding hydrogens is 332 g/mol. The van der Waals surface area contributed by atoms with Crippen LogP contribution in [0.5, 0.6) is 0 Å². The summed E-state index contributed by atoms with van der Waals surface area (Å²) in [5.41, 5.74) is 0.0668. The smallest absolute Gasteiger partial charge is 0.312 e. The van der Waals surface area contributed by atoms with Crippen molar-refractivity contribution in [2.45, 2.75) is 117 Å². The molecule has 2 nitrogen and oxygen atoms in total. The van der Waals surface area contributed by atoms with Gasteiger partial charge in [-0.25, -0.2) is 0 Å². The molecular formula is C25H42O2. The molecule has 154 valence electrons. The van der Waals surface area contributed by atoms with Crippen molar-refractivity contribution >= 4 is 5.97 Å². The molecule has 5 rings (SSSR count). The zero-order valence-corrected chi connectivity index (χ0v) is 18.5. The molecule has 5 aliphatic rings. The lowest BCUT2D eigenvalue weighted by Crippen LogP contribution is -2.62. The van der Waals surface area contributed by atoms with Gasteiger partial charge in [0.25, 0.3) is 0 Å². The van der Waals surface area contributed by atoms with Crippen LogP contribution in [-0.2, 0) is 9.53 Å². The third-order valence-corrected chi connectivity index (χ3v) is 9.64. The Hall–Kier alpha value is -0.530. The van der Waals surface area contributed by atoms with Gasteiger partial charge in [-0.2, -0.15) is 0 Å². The van der Waals surface area contributed by atoms with Crippen LogP contribution in [0.1, 0.15) is 112 Å². The molecule has 0 saturated heterocycles. The molecule has 27 heavy (non-hydrogen) atoms. The maximum atomic E-state index is 13.0. The second-order valence-corrected chi connectivity index (χ2v) is 12.1. The van der Waals surface area contributed by atoms with Gasteiger partial charge in [0, 0.05) is 5.41 Å². The molecule has 5 saturated carbocycles. The van der Waals surface area contributed by atoms with Gasteiger partial charge in [-0.1, -0.05) is 26.2 Å². The second-order valence-electron chi connectivity index (χ2n) is 12.1. The van der Waals surface area contributed by atoms with Gasteiger partial charge in [-0.3, -0.25) is 4.79 Å². The molecule has 4 bridgehead atoms. The standard InChI is InChI=1S/C25H42O2/c1-6-22(2,3)21(26)27-23(4,5)25-15-18-12-19(16-25)14-24(13-18,17-25)20-10-8-7-9-11-20/h18-20H,6-17H2,1-5H3. The maximum Gasteiger partial charge on any atom is 0.312 e. The van der Waals surface area contributed by atoms with Crippen molar-refractivity contribution < 1.29 is 9.53 Å². The number of carbonyl (C=O) groups is 1. The molecule has 2 unspecified atom stereocenters. The molecule has 0 aliphatic heterocycles. The van der Waals surface area contributed by atoms with E-state index in [4.69, 9.17) is 4.74 Å². The number of esters is 1. The molecule has 0 amide bonds. The molecule has 0 aromatic carbocycles. The number of hydrogen-bond donors (Lipinski definition) is 0. The first kappa shape index (κ1) is 19.8. The van der Waals surface area contributed by atoms with Gasteiger partial charge in [0.15, 0.2) is 0 Å². The van der Waals surface area contributed by atoms with Crippen molar-refractivity contribution in [2.75, 3.05) is 0 Å². The molecule has 0 aromatic rings. The van der Waals surface area contributed by atoms with Crippen LogP contribution in [0.2, 0.25) is 0 Å². The van der Waals surface area contributed by atoms with Crippen molar-refractivity contribution in [1.82, 2.24) is 0 Å². The van der Waals surface area contributed by atoms with E-state index in [0.29, 0.717) is 5.41 Å². The fraction of sp³-hybridized carbons (Fsp3) is 0.960. The quantitative estimate of drug-likeness (QED) is 0.489. The molecule has 5 fully saturated rings. The van der Waals surface area contributed by atoms with Crippen LogP contribution < -0.4 is 0 Å². The summed E-state index contributed by atoms with van der Waals surface area (Å²) >= 11 is 0. The van der Waals surface area contributed by atoms with E-state index in [2.05, 4.69) is 20.8 Å². The zero-order valence-electron chi connectivity index (χ0n) is 18.5. The lowest BCUT2D eigenvalue weighted by atomic mass is 9.38. The molecule has 5 aliphatic carbocycles. The molecule has 2 heteroatoms. The van der Waals surface area contributed by atoms with E-state index in [1.54, 1.807) is 0 Å². The first-order valence-electron chi connectivity index (χ1n) is 11.8. The lowest BCUT2D eigenvalue weighted by molar-refractivity contribution is -0.229. The highest BCUT2D eigenvalue weighted by atomic mass is 16.6. The molecule has 0 radical (unpaired) electrons. The van der Waals surface area contributed by atoms with Crippen LogP contribution in [0.15, 0.2) is 0 Å².